The van der Waals surface area contributed by atoms with Gasteiger partial charge in [0.1, 0.15) is 5.82 Å². The lowest BCUT2D eigenvalue weighted by Gasteiger charge is -2.07. The molecule has 0 aliphatic carbocycles. The van der Waals surface area contributed by atoms with Crippen molar-refractivity contribution in [3.8, 4) is 0 Å². The van der Waals surface area contributed by atoms with Crippen molar-refractivity contribution in [1.82, 2.24) is 0 Å². The second-order valence-corrected chi connectivity index (χ2v) is 3.94. The average Bonchev–Trinajstić information content (AvgIpc) is 2.20. The number of hydrogen-bond donors (Lipinski definition) is 3. The second-order valence-electron chi connectivity index (χ2n) is 3.15. The molecule has 0 aromatic heterocycles. The van der Waals surface area contributed by atoms with E-state index in [-0.39, 0.29) is 11.5 Å². The number of nitrogens with zero attached hydrogens (tertiary/aromatic N) is 1. The van der Waals surface area contributed by atoms with E-state index in [4.69, 9.17) is 40.4 Å². The summed E-state index contributed by atoms with van der Waals surface area (Å²) in [6.07, 6.45) is 0. The standard InChI is InChI=1S/C10H12Cl2N4/c1-5(13)16-10(15)9(14)6-3-2-4-7(11)8(6)12/h2-4H,14-15H2,1H3,(H2,13,16)/b10-9-. The number of aliphatic imine (C=N–C) groups is 1. The Balaban J connectivity index is 3.29. The van der Waals surface area contributed by atoms with Crippen molar-refractivity contribution in [3.63, 3.8) is 0 Å². The quantitative estimate of drug-likeness (QED) is 0.559. The van der Waals surface area contributed by atoms with Gasteiger partial charge < -0.3 is 17.2 Å². The summed E-state index contributed by atoms with van der Waals surface area (Å²) in [5.41, 5.74) is 17.6. The molecule has 1 aromatic carbocycles. The van der Waals surface area contributed by atoms with E-state index in [1.165, 1.54) is 0 Å². The fourth-order valence-corrected chi connectivity index (χ4v) is 1.50. The van der Waals surface area contributed by atoms with E-state index in [0.717, 1.165) is 0 Å². The van der Waals surface area contributed by atoms with Gasteiger partial charge >= 0.3 is 0 Å². The summed E-state index contributed by atoms with van der Waals surface area (Å²) in [5, 5.41) is 0.748. The van der Waals surface area contributed by atoms with E-state index >= 15 is 0 Å². The van der Waals surface area contributed by atoms with Gasteiger partial charge in [-0.25, -0.2) is 4.99 Å². The van der Waals surface area contributed by atoms with Gasteiger partial charge in [0.2, 0.25) is 0 Å². The first-order chi connectivity index (χ1) is 7.43. The van der Waals surface area contributed by atoms with Crippen LogP contribution in [0.5, 0.6) is 0 Å². The predicted molar refractivity (Wildman–Crippen MR) is 69.1 cm³/mol. The van der Waals surface area contributed by atoms with Gasteiger partial charge in [-0.3, -0.25) is 0 Å². The van der Waals surface area contributed by atoms with Crippen molar-refractivity contribution in [3.05, 3.63) is 39.6 Å². The molecule has 0 aliphatic rings. The van der Waals surface area contributed by atoms with E-state index in [9.17, 15) is 0 Å². The predicted octanol–water partition coefficient (Wildman–Crippen LogP) is 1.91. The number of amidine groups is 1. The SMILES string of the molecule is C/C(N)=N/C(N)=C(\N)c1cccc(Cl)c1Cl. The fraction of sp³-hybridized carbons (Fsp3) is 0.100. The minimum absolute atomic E-state index is 0.115. The van der Waals surface area contributed by atoms with Gasteiger partial charge in [-0.1, -0.05) is 35.3 Å². The molecule has 0 amide bonds. The van der Waals surface area contributed by atoms with Crippen molar-refractivity contribution in [2.24, 2.45) is 22.2 Å². The highest BCUT2D eigenvalue weighted by atomic mass is 35.5. The van der Waals surface area contributed by atoms with E-state index in [1.807, 2.05) is 0 Å². The van der Waals surface area contributed by atoms with Gasteiger partial charge in [-0.15, -0.1) is 0 Å². The van der Waals surface area contributed by atoms with Crippen LogP contribution in [0.1, 0.15) is 12.5 Å². The molecule has 0 spiro atoms. The molecular formula is C10H12Cl2N4. The van der Waals surface area contributed by atoms with E-state index < -0.39 is 0 Å². The first-order valence-corrected chi connectivity index (χ1v) is 5.19. The van der Waals surface area contributed by atoms with Crippen molar-refractivity contribution < 1.29 is 0 Å². The van der Waals surface area contributed by atoms with E-state index in [2.05, 4.69) is 4.99 Å². The normalized spacial score (nSPS) is 13.6. The van der Waals surface area contributed by atoms with Crippen molar-refractivity contribution in [2.45, 2.75) is 6.92 Å². The molecule has 0 saturated carbocycles. The number of benzene rings is 1. The Morgan fingerprint density at radius 2 is 1.81 bits per heavy atom. The Hall–Kier alpha value is -1.39. The van der Waals surface area contributed by atoms with Gasteiger partial charge in [-0.05, 0) is 13.0 Å². The molecule has 4 nitrogen and oxygen atoms in total. The molecule has 0 saturated heterocycles. The zero-order valence-electron chi connectivity index (χ0n) is 8.67. The van der Waals surface area contributed by atoms with Crippen LogP contribution >= 0.6 is 23.2 Å². The largest absolute Gasteiger partial charge is 0.395 e. The average molecular weight is 259 g/mol. The van der Waals surface area contributed by atoms with Crippen LogP contribution in [-0.4, -0.2) is 5.84 Å². The molecule has 0 atom stereocenters. The smallest absolute Gasteiger partial charge is 0.149 e. The third-order valence-electron chi connectivity index (χ3n) is 1.81. The first-order valence-electron chi connectivity index (χ1n) is 4.44. The van der Waals surface area contributed by atoms with Gasteiger partial charge in [0, 0.05) is 5.56 Å². The number of hydrogen-bond acceptors (Lipinski definition) is 3. The van der Waals surface area contributed by atoms with Crippen LogP contribution in [0.3, 0.4) is 0 Å². The van der Waals surface area contributed by atoms with Crippen LogP contribution in [0.2, 0.25) is 10.0 Å². The van der Waals surface area contributed by atoms with Crippen LogP contribution in [0.25, 0.3) is 5.70 Å². The summed E-state index contributed by atoms with van der Waals surface area (Å²) in [4.78, 5) is 3.85. The summed E-state index contributed by atoms with van der Waals surface area (Å²) in [5.74, 6) is 0.433. The molecule has 1 aromatic rings. The summed E-state index contributed by atoms with van der Waals surface area (Å²) >= 11 is 11.8. The Kier molecular flexibility index (Phi) is 4.04. The molecular weight excluding hydrogens is 247 g/mol. The lowest BCUT2D eigenvalue weighted by Crippen LogP contribution is -2.12. The molecule has 0 radical (unpaired) electrons. The van der Waals surface area contributed by atoms with Crippen molar-refractivity contribution in [1.29, 1.82) is 0 Å². The summed E-state index contributed by atoms with van der Waals surface area (Å²) in [6.45, 7) is 1.61. The molecule has 0 fully saturated rings. The molecule has 1 rings (SSSR count). The third kappa shape index (κ3) is 2.81. The lowest BCUT2D eigenvalue weighted by atomic mass is 10.1. The molecule has 16 heavy (non-hydrogen) atoms. The molecule has 0 aliphatic heterocycles. The van der Waals surface area contributed by atoms with Crippen LogP contribution in [0.4, 0.5) is 0 Å². The van der Waals surface area contributed by atoms with Gasteiger partial charge in [-0.2, -0.15) is 0 Å². The maximum atomic E-state index is 5.99. The zero-order chi connectivity index (χ0) is 12.3. The third-order valence-corrected chi connectivity index (χ3v) is 2.63. The van der Waals surface area contributed by atoms with Crippen molar-refractivity contribution >= 4 is 34.7 Å². The van der Waals surface area contributed by atoms with E-state index in [0.29, 0.717) is 21.4 Å². The molecule has 0 unspecified atom stereocenters. The highest BCUT2D eigenvalue weighted by Gasteiger charge is 2.09. The zero-order valence-corrected chi connectivity index (χ0v) is 10.2. The molecule has 0 heterocycles. The van der Waals surface area contributed by atoms with Gasteiger partial charge in [0.15, 0.2) is 0 Å². The Bertz CT molecular complexity index is 462. The topological polar surface area (TPSA) is 90.4 Å². The van der Waals surface area contributed by atoms with E-state index in [1.54, 1.807) is 25.1 Å². The Morgan fingerprint density at radius 1 is 1.19 bits per heavy atom. The highest BCUT2D eigenvalue weighted by molar-refractivity contribution is 6.43. The molecule has 6 heteroatoms. The number of halogens is 2. The summed E-state index contributed by atoms with van der Waals surface area (Å²) in [7, 11) is 0. The number of rotatable bonds is 2. The summed E-state index contributed by atoms with van der Waals surface area (Å²) < 4.78 is 0. The Labute approximate surface area is 104 Å². The lowest BCUT2D eigenvalue weighted by molar-refractivity contribution is 1.21. The monoisotopic (exact) mass is 258 g/mol. The molecule has 0 bridgehead atoms. The molecule has 86 valence electrons. The van der Waals surface area contributed by atoms with Crippen LogP contribution in [0, 0.1) is 0 Å². The maximum absolute atomic E-state index is 5.99. The maximum Gasteiger partial charge on any atom is 0.149 e. The second kappa shape index (κ2) is 5.09. The minimum atomic E-state index is 0.115. The van der Waals surface area contributed by atoms with Crippen LogP contribution in [0.15, 0.2) is 29.0 Å². The Morgan fingerprint density at radius 3 is 2.38 bits per heavy atom. The first kappa shape index (κ1) is 12.7. The minimum Gasteiger partial charge on any atom is -0.395 e. The van der Waals surface area contributed by atoms with Crippen LogP contribution in [-0.2, 0) is 0 Å². The van der Waals surface area contributed by atoms with Crippen molar-refractivity contribution in [2.75, 3.05) is 0 Å². The van der Waals surface area contributed by atoms with Gasteiger partial charge in [0.25, 0.3) is 0 Å². The molecule has 6 N–H and O–H groups in total. The number of nitrogens with two attached hydrogens (primary N) is 3. The van der Waals surface area contributed by atoms with Crippen LogP contribution < -0.4 is 17.2 Å². The van der Waals surface area contributed by atoms with Gasteiger partial charge in [0.05, 0.1) is 21.6 Å². The summed E-state index contributed by atoms with van der Waals surface area (Å²) in [6, 6.07) is 5.09. The highest BCUT2D eigenvalue weighted by Crippen LogP contribution is 2.29. The fourth-order valence-electron chi connectivity index (χ4n) is 1.10.